The first kappa shape index (κ1) is 18.4. The first-order valence-electron chi connectivity index (χ1n) is 7.57. The normalized spacial score (nSPS) is 19.9. The zero-order chi connectivity index (χ0) is 18.7. The molecule has 1 heterocycles. The Kier molecular flexibility index (Phi) is 5.36. The molecule has 25 heavy (non-hydrogen) atoms. The van der Waals surface area contributed by atoms with Crippen molar-refractivity contribution in [2.45, 2.75) is 19.8 Å². The van der Waals surface area contributed by atoms with E-state index in [1.165, 1.54) is 26.4 Å². The lowest BCUT2D eigenvalue weighted by Crippen LogP contribution is -2.36. The molecule has 0 spiro atoms. The van der Waals surface area contributed by atoms with Crippen molar-refractivity contribution >= 4 is 23.6 Å². The highest BCUT2D eigenvalue weighted by atomic mass is 16.5. The van der Waals surface area contributed by atoms with Gasteiger partial charge in [0.25, 0.3) is 0 Å². The Morgan fingerprint density at radius 3 is 2.12 bits per heavy atom. The molecule has 0 radical (unpaired) electrons. The Balaban J connectivity index is 2.63. The van der Waals surface area contributed by atoms with E-state index >= 15 is 0 Å². The van der Waals surface area contributed by atoms with Crippen molar-refractivity contribution in [1.29, 1.82) is 0 Å². The number of aliphatic imine (C=N–C) groups is 1. The third-order valence-corrected chi connectivity index (χ3v) is 4.21. The molecule has 1 aliphatic heterocycles. The van der Waals surface area contributed by atoms with Crippen molar-refractivity contribution in [1.82, 2.24) is 0 Å². The summed E-state index contributed by atoms with van der Waals surface area (Å²) in [5.74, 6) is -3.63. The van der Waals surface area contributed by atoms with Gasteiger partial charge >= 0.3 is 17.9 Å². The average molecular weight is 345 g/mol. The SMILES string of the molecule is COC(=O)C1=C(C)N=C(C)C(C(=O)OC)C1c1ccc(C(=O)O)cc1. The van der Waals surface area contributed by atoms with E-state index in [1.54, 1.807) is 26.0 Å². The second-order valence-electron chi connectivity index (χ2n) is 5.65. The molecule has 0 aliphatic carbocycles. The van der Waals surface area contributed by atoms with Crippen molar-refractivity contribution in [3.8, 4) is 0 Å². The lowest BCUT2D eigenvalue weighted by Gasteiger charge is -2.31. The zero-order valence-corrected chi connectivity index (χ0v) is 14.4. The highest BCUT2D eigenvalue weighted by molar-refractivity contribution is 6.07. The van der Waals surface area contributed by atoms with Crippen LogP contribution >= 0.6 is 0 Å². The predicted octanol–water partition coefficient (Wildman–Crippen LogP) is 2.18. The average Bonchev–Trinajstić information content (AvgIpc) is 2.60. The number of esters is 2. The minimum Gasteiger partial charge on any atom is -0.478 e. The van der Waals surface area contributed by atoms with Crippen LogP contribution in [0.25, 0.3) is 0 Å². The third-order valence-electron chi connectivity index (χ3n) is 4.21. The molecule has 132 valence electrons. The van der Waals surface area contributed by atoms with Crippen molar-refractivity contribution in [3.05, 3.63) is 46.7 Å². The summed E-state index contributed by atoms with van der Waals surface area (Å²) < 4.78 is 9.74. The van der Waals surface area contributed by atoms with Crippen LogP contribution in [-0.2, 0) is 19.1 Å². The molecule has 7 heteroatoms. The van der Waals surface area contributed by atoms with Crippen LogP contribution in [0.2, 0.25) is 0 Å². The van der Waals surface area contributed by atoms with Crippen LogP contribution in [-0.4, -0.2) is 42.9 Å². The molecule has 0 aromatic heterocycles. The van der Waals surface area contributed by atoms with Gasteiger partial charge in [-0.15, -0.1) is 0 Å². The molecule has 2 rings (SSSR count). The number of rotatable bonds is 4. The van der Waals surface area contributed by atoms with Crippen molar-refractivity contribution in [2.24, 2.45) is 10.9 Å². The highest BCUT2D eigenvalue weighted by Gasteiger charge is 2.42. The van der Waals surface area contributed by atoms with Crippen molar-refractivity contribution in [2.75, 3.05) is 14.2 Å². The Morgan fingerprint density at radius 1 is 1.04 bits per heavy atom. The number of benzene rings is 1. The quantitative estimate of drug-likeness (QED) is 0.839. The largest absolute Gasteiger partial charge is 0.478 e. The van der Waals surface area contributed by atoms with Gasteiger partial charge in [-0.3, -0.25) is 9.79 Å². The maximum absolute atomic E-state index is 12.3. The van der Waals surface area contributed by atoms with Gasteiger partial charge in [0.15, 0.2) is 0 Å². The van der Waals surface area contributed by atoms with E-state index in [0.717, 1.165) is 0 Å². The summed E-state index contributed by atoms with van der Waals surface area (Å²) in [5, 5.41) is 9.05. The van der Waals surface area contributed by atoms with E-state index < -0.39 is 29.7 Å². The standard InChI is InChI=1S/C18H19NO6/c1-9-13(17(22)24-3)15(14(10(2)19-9)18(23)25-4)11-5-7-12(8-6-11)16(20)21/h5-8,13,15H,1-4H3,(H,20,21). The monoisotopic (exact) mass is 345 g/mol. The van der Waals surface area contributed by atoms with E-state index in [9.17, 15) is 14.4 Å². The van der Waals surface area contributed by atoms with Gasteiger partial charge in [0.2, 0.25) is 0 Å². The summed E-state index contributed by atoms with van der Waals surface area (Å²) >= 11 is 0. The summed E-state index contributed by atoms with van der Waals surface area (Å²) in [5.41, 5.74) is 1.95. The fourth-order valence-electron chi connectivity index (χ4n) is 3.04. The molecular formula is C18H19NO6. The van der Waals surface area contributed by atoms with E-state index in [4.69, 9.17) is 14.6 Å². The molecule has 0 bridgehead atoms. The third kappa shape index (κ3) is 3.45. The van der Waals surface area contributed by atoms with Gasteiger partial charge < -0.3 is 14.6 Å². The van der Waals surface area contributed by atoms with Gasteiger partial charge in [-0.25, -0.2) is 9.59 Å². The molecule has 1 aromatic carbocycles. The number of carboxylic acids is 1. The molecule has 2 atom stereocenters. The topological polar surface area (TPSA) is 102 Å². The minimum absolute atomic E-state index is 0.111. The summed E-state index contributed by atoms with van der Waals surface area (Å²) in [6.07, 6.45) is 0. The lowest BCUT2D eigenvalue weighted by molar-refractivity contribution is -0.143. The van der Waals surface area contributed by atoms with Crippen LogP contribution in [0.3, 0.4) is 0 Å². The second kappa shape index (κ2) is 7.29. The summed E-state index contributed by atoms with van der Waals surface area (Å²) in [6.45, 7) is 3.36. The number of carboxylic acid groups (broad SMARTS) is 1. The van der Waals surface area contributed by atoms with Crippen LogP contribution in [0.5, 0.6) is 0 Å². The first-order chi connectivity index (χ1) is 11.8. The van der Waals surface area contributed by atoms with Crippen LogP contribution in [0, 0.1) is 5.92 Å². The van der Waals surface area contributed by atoms with E-state index in [0.29, 0.717) is 17.0 Å². The molecule has 1 aliphatic rings. The van der Waals surface area contributed by atoms with Gasteiger partial charge in [-0.1, -0.05) is 12.1 Å². The number of aromatic carboxylic acids is 1. The summed E-state index contributed by atoms with van der Waals surface area (Å²) in [6, 6.07) is 6.02. The van der Waals surface area contributed by atoms with E-state index in [1.807, 2.05) is 0 Å². The van der Waals surface area contributed by atoms with Crippen LogP contribution in [0.15, 0.2) is 40.5 Å². The number of hydrogen-bond acceptors (Lipinski definition) is 6. The smallest absolute Gasteiger partial charge is 0.336 e. The second-order valence-corrected chi connectivity index (χ2v) is 5.65. The number of hydrogen-bond donors (Lipinski definition) is 1. The number of carbonyl (C=O) groups is 3. The fourth-order valence-corrected chi connectivity index (χ4v) is 3.04. The molecule has 0 saturated carbocycles. The molecule has 7 nitrogen and oxygen atoms in total. The molecular weight excluding hydrogens is 326 g/mol. The predicted molar refractivity (Wildman–Crippen MR) is 89.5 cm³/mol. The molecule has 0 saturated heterocycles. The Labute approximate surface area is 145 Å². The summed E-state index contributed by atoms with van der Waals surface area (Å²) in [7, 11) is 2.52. The van der Waals surface area contributed by atoms with Gasteiger partial charge in [0.1, 0.15) is 5.92 Å². The summed E-state index contributed by atoms with van der Waals surface area (Å²) in [4.78, 5) is 40.0. The molecule has 0 fully saturated rings. The minimum atomic E-state index is -1.06. The van der Waals surface area contributed by atoms with Crippen LogP contribution < -0.4 is 0 Å². The first-order valence-corrected chi connectivity index (χ1v) is 7.57. The number of carbonyl (C=O) groups excluding carboxylic acids is 2. The number of ether oxygens (including phenoxy) is 2. The van der Waals surface area contributed by atoms with Crippen molar-refractivity contribution in [3.63, 3.8) is 0 Å². The maximum atomic E-state index is 12.3. The van der Waals surface area contributed by atoms with E-state index in [-0.39, 0.29) is 11.1 Å². The zero-order valence-electron chi connectivity index (χ0n) is 14.4. The van der Waals surface area contributed by atoms with Gasteiger partial charge in [0, 0.05) is 17.3 Å². The number of methoxy groups -OCH3 is 2. The lowest BCUT2D eigenvalue weighted by atomic mass is 9.75. The number of nitrogens with zero attached hydrogens (tertiary/aromatic N) is 1. The van der Waals surface area contributed by atoms with E-state index in [2.05, 4.69) is 4.99 Å². The van der Waals surface area contributed by atoms with Crippen molar-refractivity contribution < 1.29 is 29.0 Å². The maximum Gasteiger partial charge on any atom is 0.336 e. The van der Waals surface area contributed by atoms with Crippen LogP contribution in [0.4, 0.5) is 0 Å². The highest BCUT2D eigenvalue weighted by Crippen LogP contribution is 2.40. The Morgan fingerprint density at radius 2 is 1.64 bits per heavy atom. The Bertz CT molecular complexity index is 775. The molecule has 2 unspecified atom stereocenters. The Hall–Kier alpha value is -2.96. The fraction of sp³-hybridized carbons (Fsp3) is 0.333. The van der Waals surface area contributed by atoms with Gasteiger partial charge in [0.05, 0.1) is 25.4 Å². The number of allylic oxidation sites excluding steroid dienone is 1. The van der Waals surface area contributed by atoms with Gasteiger partial charge in [-0.2, -0.15) is 0 Å². The van der Waals surface area contributed by atoms with Gasteiger partial charge in [-0.05, 0) is 31.5 Å². The molecule has 0 amide bonds. The molecule has 1 N–H and O–H groups in total. The van der Waals surface area contributed by atoms with Crippen LogP contribution in [0.1, 0.15) is 35.7 Å². The molecule has 1 aromatic rings.